The Morgan fingerprint density at radius 2 is 1.69 bits per heavy atom. The van der Waals surface area contributed by atoms with E-state index in [1.165, 1.54) is 10.4 Å². The number of halogens is 2. The molecular formula is C20H17BrClNO2S. The third-order valence-electron chi connectivity index (χ3n) is 4.00. The summed E-state index contributed by atoms with van der Waals surface area (Å²) in [6.07, 6.45) is 0. The Hall–Kier alpha value is -1.82. The topological polar surface area (TPSA) is 37.4 Å². The molecule has 3 nitrogen and oxygen atoms in total. The van der Waals surface area contributed by atoms with Gasteiger partial charge in [-0.2, -0.15) is 0 Å². The minimum absolute atomic E-state index is 0.170. The van der Waals surface area contributed by atoms with Gasteiger partial charge in [-0.05, 0) is 48.4 Å². The van der Waals surface area contributed by atoms with Crippen molar-refractivity contribution in [1.29, 1.82) is 0 Å². The number of benzene rings is 3. The molecule has 3 aromatic rings. The molecule has 0 saturated carbocycles. The summed E-state index contributed by atoms with van der Waals surface area (Å²) in [5.74, 6) is 0. The van der Waals surface area contributed by atoms with E-state index in [0.29, 0.717) is 10.7 Å². The van der Waals surface area contributed by atoms with Crippen LogP contribution in [-0.2, 0) is 16.6 Å². The molecule has 0 amide bonds. The molecule has 3 rings (SSSR count). The van der Waals surface area contributed by atoms with Gasteiger partial charge in [-0.15, -0.1) is 0 Å². The number of aryl methyl sites for hydroxylation is 1. The van der Waals surface area contributed by atoms with Crippen molar-refractivity contribution in [3.8, 4) is 0 Å². The van der Waals surface area contributed by atoms with E-state index in [0.717, 1.165) is 15.6 Å². The summed E-state index contributed by atoms with van der Waals surface area (Å²) in [5, 5.41) is 0.431. The second-order valence-electron chi connectivity index (χ2n) is 5.89. The fraction of sp³-hybridized carbons (Fsp3) is 0.100. The second-order valence-corrected chi connectivity index (χ2v) is 9.07. The lowest BCUT2D eigenvalue weighted by Gasteiger charge is -2.25. The van der Waals surface area contributed by atoms with E-state index in [-0.39, 0.29) is 11.4 Å². The molecule has 0 saturated heterocycles. The molecule has 0 heterocycles. The van der Waals surface area contributed by atoms with Gasteiger partial charge in [0, 0.05) is 9.50 Å². The number of hydrogen-bond acceptors (Lipinski definition) is 2. The van der Waals surface area contributed by atoms with Crippen molar-refractivity contribution in [2.75, 3.05) is 4.31 Å². The predicted octanol–water partition coefficient (Wildman–Crippen LogP) is 5.81. The van der Waals surface area contributed by atoms with E-state index >= 15 is 0 Å². The molecule has 0 aliphatic rings. The van der Waals surface area contributed by atoms with Gasteiger partial charge in [0.15, 0.2) is 0 Å². The van der Waals surface area contributed by atoms with E-state index in [1.54, 1.807) is 24.3 Å². The minimum atomic E-state index is -3.78. The van der Waals surface area contributed by atoms with Gasteiger partial charge >= 0.3 is 0 Å². The van der Waals surface area contributed by atoms with E-state index < -0.39 is 10.0 Å². The van der Waals surface area contributed by atoms with Crippen LogP contribution in [0.1, 0.15) is 11.1 Å². The molecule has 6 heteroatoms. The Morgan fingerprint density at radius 3 is 2.35 bits per heavy atom. The molecule has 0 atom stereocenters. The number of nitrogens with zero attached hydrogens (tertiary/aromatic N) is 1. The monoisotopic (exact) mass is 449 g/mol. The zero-order chi connectivity index (χ0) is 18.7. The molecule has 134 valence electrons. The Kier molecular flexibility index (Phi) is 5.70. The predicted molar refractivity (Wildman–Crippen MR) is 110 cm³/mol. The fourth-order valence-corrected chi connectivity index (χ4v) is 4.66. The van der Waals surface area contributed by atoms with Crippen LogP contribution in [0.3, 0.4) is 0 Å². The van der Waals surface area contributed by atoms with Crippen LogP contribution in [0.5, 0.6) is 0 Å². The van der Waals surface area contributed by atoms with Crippen LogP contribution in [0.25, 0.3) is 0 Å². The lowest BCUT2D eigenvalue weighted by molar-refractivity contribution is 0.590. The molecule has 0 unspecified atom stereocenters. The quantitative estimate of drug-likeness (QED) is 0.492. The van der Waals surface area contributed by atoms with Crippen LogP contribution >= 0.6 is 27.5 Å². The first kappa shape index (κ1) is 19.0. The van der Waals surface area contributed by atoms with Gasteiger partial charge in [0.2, 0.25) is 0 Å². The van der Waals surface area contributed by atoms with E-state index in [4.69, 9.17) is 11.6 Å². The first-order valence-corrected chi connectivity index (χ1v) is 10.6. The number of sulfonamides is 1. The Labute approximate surface area is 167 Å². The van der Waals surface area contributed by atoms with E-state index in [1.807, 2.05) is 49.4 Å². The van der Waals surface area contributed by atoms with Crippen molar-refractivity contribution >= 4 is 43.2 Å². The molecule has 0 aliphatic carbocycles. The zero-order valence-corrected chi connectivity index (χ0v) is 17.2. The Balaban J connectivity index is 2.11. The Bertz CT molecular complexity index is 1020. The SMILES string of the molecule is Cc1ccc(S(=O)(=O)N(Cc2ccccc2)c2cccc(Br)c2)cc1Cl. The van der Waals surface area contributed by atoms with Crippen molar-refractivity contribution in [3.63, 3.8) is 0 Å². The van der Waals surface area contributed by atoms with Crippen LogP contribution in [0.4, 0.5) is 5.69 Å². The van der Waals surface area contributed by atoms with Crippen molar-refractivity contribution in [3.05, 3.63) is 93.4 Å². The standard InChI is InChI=1S/C20H17BrClNO2S/c1-15-10-11-19(13-20(15)22)26(24,25)23(14-16-6-3-2-4-7-16)18-9-5-8-17(21)12-18/h2-13H,14H2,1H3. The first-order valence-electron chi connectivity index (χ1n) is 7.96. The maximum Gasteiger partial charge on any atom is 0.264 e. The van der Waals surface area contributed by atoms with Gasteiger partial charge in [-0.3, -0.25) is 4.31 Å². The number of hydrogen-bond donors (Lipinski definition) is 0. The van der Waals surface area contributed by atoms with E-state index in [2.05, 4.69) is 15.9 Å². The average molecular weight is 451 g/mol. The summed E-state index contributed by atoms with van der Waals surface area (Å²) in [7, 11) is -3.78. The lowest BCUT2D eigenvalue weighted by atomic mass is 10.2. The van der Waals surface area contributed by atoms with Crippen molar-refractivity contribution in [2.45, 2.75) is 18.4 Å². The largest absolute Gasteiger partial charge is 0.264 e. The van der Waals surface area contributed by atoms with Crippen molar-refractivity contribution in [1.82, 2.24) is 0 Å². The number of rotatable bonds is 5. The minimum Gasteiger partial charge on any atom is -0.262 e. The van der Waals surface area contributed by atoms with Crippen molar-refractivity contribution in [2.24, 2.45) is 0 Å². The summed E-state index contributed by atoms with van der Waals surface area (Å²) in [5.41, 5.74) is 2.32. The van der Waals surface area contributed by atoms with E-state index in [9.17, 15) is 8.42 Å². The van der Waals surface area contributed by atoms with Gasteiger partial charge in [-0.1, -0.05) is 70.0 Å². The summed E-state index contributed by atoms with van der Waals surface area (Å²) < 4.78 is 28.9. The highest BCUT2D eigenvalue weighted by Crippen LogP contribution is 2.30. The molecule has 0 aromatic heterocycles. The van der Waals surface area contributed by atoms with Gasteiger partial charge in [0.1, 0.15) is 0 Å². The zero-order valence-electron chi connectivity index (χ0n) is 14.1. The third kappa shape index (κ3) is 4.11. The summed E-state index contributed by atoms with van der Waals surface area (Å²) >= 11 is 9.58. The molecule has 0 N–H and O–H groups in total. The molecule has 0 aliphatic heterocycles. The van der Waals surface area contributed by atoms with Crippen LogP contribution in [0.15, 0.2) is 82.2 Å². The average Bonchev–Trinajstić information content (AvgIpc) is 2.62. The molecule has 0 fully saturated rings. The van der Waals surface area contributed by atoms with Crippen LogP contribution in [0, 0.1) is 6.92 Å². The van der Waals surface area contributed by atoms with Gasteiger partial charge < -0.3 is 0 Å². The van der Waals surface area contributed by atoms with Crippen LogP contribution in [0.2, 0.25) is 5.02 Å². The summed E-state index contributed by atoms with van der Waals surface area (Å²) in [4.78, 5) is 0.170. The maximum absolute atomic E-state index is 13.4. The lowest BCUT2D eigenvalue weighted by Crippen LogP contribution is -2.30. The molecule has 3 aromatic carbocycles. The van der Waals surface area contributed by atoms with Gasteiger partial charge in [-0.25, -0.2) is 8.42 Å². The van der Waals surface area contributed by atoms with Gasteiger partial charge in [0.25, 0.3) is 10.0 Å². The highest BCUT2D eigenvalue weighted by atomic mass is 79.9. The molecular weight excluding hydrogens is 434 g/mol. The first-order chi connectivity index (χ1) is 12.4. The summed E-state index contributed by atoms with van der Waals surface area (Å²) in [6, 6.07) is 21.6. The maximum atomic E-state index is 13.4. The number of anilines is 1. The second kappa shape index (κ2) is 7.82. The molecule has 0 spiro atoms. The third-order valence-corrected chi connectivity index (χ3v) is 6.67. The highest BCUT2D eigenvalue weighted by Gasteiger charge is 2.26. The summed E-state index contributed by atoms with van der Waals surface area (Å²) in [6.45, 7) is 2.07. The smallest absolute Gasteiger partial charge is 0.262 e. The molecule has 0 radical (unpaired) electrons. The fourth-order valence-electron chi connectivity index (χ4n) is 2.56. The molecule has 0 bridgehead atoms. The van der Waals surface area contributed by atoms with Gasteiger partial charge in [0.05, 0.1) is 17.1 Å². The highest BCUT2D eigenvalue weighted by molar-refractivity contribution is 9.10. The Morgan fingerprint density at radius 1 is 0.962 bits per heavy atom. The van der Waals surface area contributed by atoms with Crippen LogP contribution < -0.4 is 4.31 Å². The molecule has 26 heavy (non-hydrogen) atoms. The van der Waals surface area contributed by atoms with Crippen molar-refractivity contribution < 1.29 is 8.42 Å². The normalized spacial score (nSPS) is 11.3. The van der Waals surface area contributed by atoms with Crippen LogP contribution in [-0.4, -0.2) is 8.42 Å².